The molecule has 3 aliphatic carbocycles. The number of aliphatic hydroxyl groups is 3. The second-order valence-corrected chi connectivity index (χ2v) is 12.9. The monoisotopic (exact) mass is 727 g/mol. The van der Waals surface area contributed by atoms with E-state index in [1.165, 1.54) is 44.1 Å². The normalized spacial score (nSPS) is 23.5. The number of urea groups is 1. The van der Waals surface area contributed by atoms with Crippen LogP contribution in [0.15, 0.2) is 41.2 Å². The zero-order valence-electron chi connectivity index (χ0n) is 27.1. The maximum atomic E-state index is 14.1. The summed E-state index contributed by atoms with van der Waals surface area (Å²) in [5, 5.41) is 49.7. The Balaban J connectivity index is 1.60. The van der Waals surface area contributed by atoms with Crippen molar-refractivity contribution in [3.63, 3.8) is 0 Å². The van der Waals surface area contributed by atoms with Crippen LogP contribution < -0.4 is 21.3 Å². The van der Waals surface area contributed by atoms with Crippen molar-refractivity contribution in [2.75, 3.05) is 43.7 Å². The highest BCUT2D eigenvalue weighted by Gasteiger charge is 2.64. The molecular weight excluding hydrogens is 696 g/mol. The van der Waals surface area contributed by atoms with Gasteiger partial charge in [-0.15, -0.1) is 0 Å². The number of amides is 3. The number of hydrogen-bond donors (Lipinski definition) is 7. The van der Waals surface area contributed by atoms with Gasteiger partial charge >= 0.3 is 18.4 Å². The highest BCUT2D eigenvalue weighted by molar-refractivity contribution is 6.24. The number of rotatable bonds is 5. The van der Waals surface area contributed by atoms with Gasteiger partial charge in [0.15, 0.2) is 17.1 Å². The number of carbonyl (C=O) groups excluding carboxylic acids is 4. The fourth-order valence-corrected chi connectivity index (χ4v) is 7.10. The molecule has 0 radical (unpaired) electrons. The topological polar surface area (TPSA) is 206 Å². The number of phenolic OH excluding ortho intramolecular Hbond substituents is 1. The van der Waals surface area contributed by atoms with Gasteiger partial charge in [0.1, 0.15) is 17.1 Å². The molecule has 13 nitrogen and oxygen atoms in total. The molecule has 4 atom stereocenters. The molecule has 51 heavy (non-hydrogen) atoms. The number of ketones is 2. The van der Waals surface area contributed by atoms with E-state index >= 15 is 0 Å². The van der Waals surface area contributed by atoms with E-state index in [9.17, 15) is 65.9 Å². The number of benzene rings is 2. The maximum Gasteiger partial charge on any atom is 0.416 e. The Kier molecular flexibility index (Phi) is 8.83. The molecule has 3 amide bonds. The minimum Gasteiger partial charge on any atom is -0.508 e. The van der Waals surface area contributed by atoms with Crippen LogP contribution in [0.1, 0.15) is 28.7 Å². The summed E-state index contributed by atoms with van der Waals surface area (Å²) in [6.07, 6.45) is -10.7. The van der Waals surface area contributed by atoms with E-state index in [0.717, 1.165) is 0 Å². The van der Waals surface area contributed by atoms with Crippen LogP contribution in [0.25, 0.3) is 5.76 Å². The lowest BCUT2D eigenvalue weighted by atomic mass is 9.57. The van der Waals surface area contributed by atoms with Gasteiger partial charge in [0.2, 0.25) is 5.78 Å². The predicted molar refractivity (Wildman–Crippen MR) is 168 cm³/mol. The van der Waals surface area contributed by atoms with Crippen LogP contribution in [0.5, 0.6) is 5.75 Å². The van der Waals surface area contributed by atoms with Crippen LogP contribution in [0.2, 0.25) is 0 Å². The van der Waals surface area contributed by atoms with Gasteiger partial charge in [0.25, 0.3) is 5.91 Å². The van der Waals surface area contributed by atoms with Crippen molar-refractivity contribution in [1.29, 1.82) is 0 Å². The zero-order chi connectivity index (χ0) is 38.3. The molecule has 0 saturated heterocycles. The van der Waals surface area contributed by atoms with Gasteiger partial charge in [0, 0.05) is 37.0 Å². The summed E-state index contributed by atoms with van der Waals surface area (Å²) in [5.74, 6) is -8.96. The third-order valence-electron chi connectivity index (χ3n) is 9.27. The van der Waals surface area contributed by atoms with E-state index < -0.39 is 116 Å². The molecule has 1 fully saturated rings. The van der Waals surface area contributed by atoms with Crippen molar-refractivity contribution >= 4 is 46.3 Å². The molecule has 4 unspecified atom stereocenters. The number of fused-ring (bicyclic) bond motifs is 3. The summed E-state index contributed by atoms with van der Waals surface area (Å²) in [5.41, 5.74) is -3.85. The molecule has 5 rings (SSSR count). The van der Waals surface area contributed by atoms with E-state index in [1.807, 2.05) is 5.32 Å². The lowest BCUT2D eigenvalue weighted by molar-refractivity contribution is -0.153. The van der Waals surface area contributed by atoms with E-state index in [-0.39, 0.29) is 42.3 Å². The Labute approximate surface area is 284 Å². The Morgan fingerprint density at radius 3 is 1.98 bits per heavy atom. The van der Waals surface area contributed by atoms with Gasteiger partial charge in [-0.1, -0.05) is 0 Å². The van der Waals surface area contributed by atoms with E-state index in [1.54, 1.807) is 0 Å². The van der Waals surface area contributed by atoms with Crippen molar-refractivity contribution < 1.29 is 65.9 Å². The van der Waals surface area contributed by atoms with Crippen molar-refractivity contribution in [1.82, 2.24) is 4.90 Å². The summed E-state index contributed by atoms with van der Waals surface area (Å²) in [6.45, 7) is 0. The number of primary amides is 1. The number of aliphatic hydroxyl groups excluding tert-OH is 2. The van der Waals surface area contributed by atoms with E-state index in [2.05, 4.69) is 5.32 Å². The number of halogens is 6. The second kappa shape index (κ2) is 12.2. The molecule has 1 saturated carbocycles. The van der Waals surface area contributed by atoms with Crippen LogP contribution in [0.4, 0.5) is 48.2 Å². The third-order valence-corrected chi connectivity index (χ3v) is 9.27. The Morgan fingerprint density at radius 1 is 0.922 bits per heavy atom. The smallest absolute Gasteiger partial charge is 0.416 e. The van der Waals surface area contributed by atoms with Crippen LogP contribution in [0.3, 0.4) is 0 Å². The Hall–Kier alpha value is -5.30. The quantitative estimate of drug-likeness (QED) is 0.135. The molecular formula is C32H31F6N5O8. The fourth-order valence-electron chi connectivity index (χ4n) is 7.10. The first-order valence-corrected chi connectivity index (χ1v) is 15.0. The Morgan fingerprint density at radius 2 is 1.49 bits per heavy atom. The predicted octanol–water partition coefficient (Wildman–Crippen LogP) is 3.71. The number of anilines is 3. The molecule has 2 aromatic rings. The first kappa shape index (κ1) is 37.0. The summed E-state index contributed by atoms with van der Waals surface area (Å²) >= 11 is 0. The molecule has 0 aromatic heterocycles. The molecule has 0 bridgehead atoms. The van der Waals surface area contributed by atoms with Crippen molar-refractivity contribution in [3.05, 3.63) is 63.4 Å². The number of phenols is 1. The zero-order valence-corrected chi connectivity index (χ0v) is 27.1. The summed E-state index contributed by atoms with van der Waals surface area (Å²) in [4.78, 5) is 55.3. The first-order chi connectivity index (χ1) is 23.4. The summed E-state index contributed by atoms with van der Waals surface area (Å²) in [7, 11) is 5.97. The fraction of sp³-hybridized carbons (Fsp3) is 0.375. The number of carbonyl (C=O) groups is 4. The maximum absolute atomic E-state index is 14.1. The van der Waals surface area contributed by atoms with Crippen molar-refractivity contribution in [2.24, 2.45) is 17.6 Å². The second-order valence-electron chi connectivity index (χ2n) is 12.9. The molecule has 0 aliphatic heterocycles. The summed E-state index contributed by atoms with van der Waals surface area (Å²) < 4.78 is 80.1. The van der Waals surface area contributed by atoms with Gasteiger partial charge in [0.05, 0.1) is 28.4 Å². The van der Waals surface area contributed by atoms with Crippen LogP contribution in [-0.4, -0.2) is 88.7 Å². The molecule has 2 aromatic carbocycles. The van der Waals surface area contributed by atoms with E-state index in [4.69, 9.17) is 5.73 Å². The SMILES string of the molecule is CN(C)c1cc(NC(=O)Nc2cc(C(F)(F)F)cc(C(F)(F)F)c2)c(O)c2c1CC1CC3C(N(C)C)C(=O)C(C(N)=O)=C(O)C3(O)C(=O)C1=C2O. The number of hydrogen-bond acceptors (Lipinski definition) is 10. The minimum atomic E-state index is -5.20. The van der Waals surface area contributed by atoms with Crippen molar-refractivity contribution in [2.45, 2.75) is 36.8 Å². The van der Waals surface area contributed by atoms with Gasteiger partial charge in [-0.3, -0.25) is 19.3 Å². The number of likely N-dealkylation sites (N-methyl/N-ethyl adjacent to an activating group) is 1. The van der Waals surface area contributed by atoms with Crippen molar-refractivity contribution in [3.8, 4) is 5.75 Å². The standard InChI is InChI=1S/C32H31F6N5O8/c1-42(2)18-10-17(41-29(50)40-14-8-12(31(33,34)35)7-13(9-14)32(36,37)38)23(44)20-15(18)5-11-6-16-22(43(3)4)25(46)21(28(39)49)27(48)30(16,51)26(47)19(11)24(20)45/h7-11,16,22,44-45,48,51H,5-6H2,1-4H3,(H2,39,49)(H2,40,41,50). The minimum absolute atomic E-state index is 0.105. The Bertz CT molecular complexity index is 1920. The average molecular weight is 728 g/mol. The average Bonchev–Trinajstić information content (AvgIpc) is 2.98. The summed E-state index contributed by atoms with van der Waals surface area (Å²) in [6, 6.07) is -1.09. The molecule has 3 aliphatic rings. The van der Waals surface area contributed by atoms with Gasteiger partial charge in [-0.05, 0) is 62.7 Å². The van der Waals surface area contributed by atoms with Crippen LogP contribution in [0, 0.1) is 11.8 Å². The number of nitrogens with zero attached hydrogens (tertiary/aromatic N) is 2. The number of aromatic hydroxyl groups is 1. The van der Waals surface area contributed by atoms with Gasteiger partial charge in [-0.25, -0.2) is 4.79 Å². The van der Waals surface area contributed by atoms with Crippen LogP contribution in [-0.2, 0) is 33.2 Å². The van der Waals surface area contributed by atoms with Gasteiger partial charge in [-0.2, -0.15) is 26.3 Å². The highest BCUT2D eigenvalue weighted by Crippen LogP contribution is 2.54. The van der Waals surface area contributed by atoms with E-state index in [0.29, 0.717) is 0 Å². The lowest BCUT2D eigenvalue weighted by Gasteiger charge is -2.50. The lowest BCUT2D eigenvalue weighted by Crippen LogP contribution is -2.65. The highest BCUT2D eigenvalue weighted by atomic mass is 19.4. The number of nitrogens with two attached hydrogens (primary N) is 1. The van der Waals surface area contributed by atoms with Crippen LogP contribution >= 0.6 is 0 Å². The number of nitrogens with one attached hydrogen (secondary N) is 2. The number of Topliss-reactive ketones (excluding diaryl/α,β-unsaturated/α-hetero) is 2. The van der Waals surface area contributed by atoms with Gasteiger partial charge < -0.3 is 41.7 Å². The molecule has 274 valence electrons. The molecule has 0 heterocycles. The number of alkyl halides is 6. The molecule has 0 spiro atoms. The molecule has 19 heteroatoms. The molecule has 8 N–H and O–H groups in total. The third kappa shape index (κ3) is 5.98. The largest absolute Gasteiger partial charge is 0.508 e. The first-order valence-electron chi connectivity index (χ1n) is 15.0.